The highest BCUT2D eigenvalue weighted by molar-refractivity contribution is 5.73. The zero-order valence-electron chi connectivity index (χ0n) is 12.8. The summed E-state index contributed by atoms with van der Waals surface area (Å²) < 4.78 is 38.0. The fourth-order valence-electron chi connectivity index (χ4n) is 2.01. The van der Waals surface area contributed by atoms with Crippen LogP contribution in [0.5, 0.6) is 0 Å². The molecule has 1 rings (SSSR count). The van der Waals surface area contributed by atoms with Crippen LogP contribution in [0.15, 0.2) is 0 Å². The Morgan fingerprint density at radius 3 is 2.50 bits per heavy atom. The number of aromatic nitrogens is 2. The second kappa shape index (κ2) is 7.48. The largest absolute Gasteiger partial charge is 0.414 e. The van der Waals surface area contributed by atoms with Gasteiger partial charge in [0.2, 0.25) is 0 Å². The van der Waals surface area contributed by atoms with Crippen LogP contribution in [0.3, 0.4) is 0 Å². The number of urea groups is 1. The van der Waals surface area contributed by atoms with Crippen LogP contribution < -0.4 is 10.6 Å². The highest BCUT2D eigenvalue weighted by Gasteiger charge is 2.37. The van der Waals surface area contributed by atoms with Gasteiger partial charge in [0.1, 0.15) is 0 Å². The number of aliphatic hydroxyl groups is 1. The Labute approximate surface area is 126 Å². The molecule has 9 heteroatoms. The quantitative estimate of drug-likeness (QED) is 0.745. The van der Waals surface area contributed by atoms with E-state index in [1.54, 1.807) is 0 Å². The number of alkyl halides is 3. The summed E-state index contributed by atoms with van der Waals surface area (Å²) in [6, 6.07) is -0.586. The molecule has 0 radical (unpaired) electrons. The predicted octanol–water partition coefficient (Wildman–Crippen LogP) is 1.63. The number of aliphatic hydroxyl groups excluding tert-OH is 1. The van der Waals surface area contributed by atoms with Crippen molar-refractivity contribution in [3.63, 3.8) is 0 Å². The SMILES string of the molecule is CCn1nc(C)c(CNC(=O)NCC[C@@H](O)C(F)(F)F)c1C. The highest BCUT2D eigenvalue weighted by Crippen LogP contribution is 2.21. The van der Waals surface area contributed by atoms with E-state index in [4.69, 9.17) is 5.11 Å². The molecule has 0 aliphatic carbocycles. The predicted molar refractivity (Wildman–Crippen MR) is 74.3 cm³/mol. The number of nitrogens with one attached hydrogen (secondary N) is 2. The van der Waals surface area contributed by atoms with Crippen molar-refractivity contribution in [3.05, 3.63) is 17.0 Å². The Bertz CT molecular complexity index is 514. The summed E-state index contributed by atoms with van der Waals surface area (Å²) in [6.45, 7) is 6.36. The summed E-state index contributed by atoms with van der Waals surface area (Å²) in [4.78, 5) is 11.5. The minimum absolute atomic E-state index is 0.241. The average Bonchev–Trinajstić information content (AvgIpc) is 2.70. The second-order valence-electron chi connectivity index (χ2n) is 4.92. The summed E-state index contributed by atoms with van der Waals surface area (Å²) in [5.41, 5.74) is 2.62. The molecule has 0 fully saturated rings. The lowest BCUT2D eigenvalue weighted by Gasteiger charge is -2.14. The van der Waals surface area contributed by atoms with Gasteiger partial charge in [-0.05, 0) is 27.2 Å². The normalized spacial score (nSPS) is 13.0. The topological polar surface area (TPSA) is 79.2 Å². The third-order valence-corrected chi connectivity index (χ3v) is 3.34. The molecule has 0 aromatic carbocycles. The Hall–Kier alpha value is -1.77. The first-order chi connectivity index (χ1) is 10.2. The molecular formula is C13H21F3N4O2. The van der Waals surface area contributed by atoms with Gasteiger partial charge in [0.15, 0.2) is 6.10 Å². The standard InChI is InChI=1S/C13H21F3N4O2/c1-4-20-9(3)10(8(2)19-20)7-18-12(22)17-6-5-11(21)13(14,15)16/h11,21H,4-7H2,1-3H3,(H2,17,18,22)/t11-/m1/s1. The Balaban J connectivity index is 2.40. The highest BCUT2D eigenvalue weighted by atomic mass is 19.4. The van der Waals surface area contributed by atoms with E-state index in [1.807, 2.05) is 25.5 Å². The lowest BCUT2D eigenvalue weighted by molar-refractivity contribution is -0.204. The average molecular weight is 322 g/mol. The van der Waals surface area contributed by atoms with E-state index in [0.29, 0.717) is 6.54 Å². The smallest absolute Gasteiger partial charge is 0.384 e. The maximum absolute atomic E-state index is 12.1. The van der Waals surface area contributed by atoms with Crippen LogP contribution in [0.25, 0.3) is 0 Å². The number of halogens is 3. The van der Waals surface area contributed by atoms with Crippen LogP contribution in [0.2, 0.25) is 0 Å². The van der Waals surface area contributed by atoms with Crippen molar-refractivity contribution in [2.75, 3.05) is 6.54 Å². The van der Waals surface area contributed by atoms with E-state index in [1.165, 1.54) is 0 Å². The molecule has 0 unspecified atom stereocenters. The third-order valence-electron chi connectivity index (χ3n) is 3.34. The number of amides is 2. The van der Waals surface area contributed by atoms with E-state index in [-0.39, 0.29) is 13.1 Å². The first-order valence-electron chi connectivity index (χ1n) is 6.96. The minimum atomic E-state index is -4.67. The lowest BCUT2D eigenvalue weighted by atomic mass is 10.2. The van der Waals surface area contributed by atoms with Gasteiger partial charge < -0.3 is 15.7 Å². The van der Waals surface area contributed by atoms with Crippen LogP contribution in [0.4, 0.5) is 18.0 Å². The molecule has 1 atom stereocenters. The Kier molecular flexibility index (Phi) is 6.21. The van der Waals surface area contributed by atoms with Crippen molar-refractivity contribution >= 4 is 6.03 Å². The van der Waals surface area contributed by atoms with Crippen molar-refractivity contribution in [2.24, 2.45) is 0 Å². The minimum Gasteiger partial charge on any atom is -0.384 e. The van der Waals surface area contributed by atoms with Gasteiger partial charge >= 0.3 is 12.2 Å². The Morgan fingerprint density at radius 1 is 1.36 bits per heavy atom. The number of aryl methyl sites for hydroxylation is 2. The van der Waals surface area contributed by atoms with Gasteiger partial charge in [-0.2, -0.15) is 18.3 Å². The molecule has 1 aromatic heterocycles. The van der Waals surface area contributed by atoms with Gasteiger partial charge in [0.25, 0.3) is 0 Å². The van der Waals surface area contributed by atoms with Gasteiger partial charge in [-0.15, -0.1) is 0 Å². The van der Waals surface area contributed by atoms with Crippen LogP contribution in [0.1, 0.15) is 30.3 Å². The number of nitrogens with zero attached hydrogens (tertiary/aromatic N) is 2. The molecule has 1 aromatic rings. The summed E-state index contributed by atoms with van der Waals surface area (Å²) >= 11 is 0. The Morgan fingerprint density at radius 2 is 2.00 bits per heavy atom. The molecular weight excluding hydrogens is 301 g/mol. The molecule has 6 nitrogen and oxygen atoms in total. The van der Waals surface area contributed by atoms with Crippen molar-refractivity contribution in [2.45, 2.75) is 52.6 Å². The van der Waals surface area contributed by atoms with Gasteiger partial charge in [-0.3, -0.25) is 4.68 Å². The molecule has 0 bridgehead atoms. The fraction of sp³-hybridized carbons (Fsp3) is 0.692. The van der Waals surface area contributed by atoms with Gasteiger partial charge in [-0.1, -0.05) is 0 Å². The number of hydrogen-bond acceptors (Lipinski definition) is 3. The summed E-state index contributed by atoms with van der Waals surface area (Å²) in [5, 5.41) is 17.9. The maximum Gasteiger partial charge on any atom is 0.414 e. The van der Waals surface area contributed by atoms with Gasteiger partial charge in [0, 0.05) is 30.9 Å². The number of carbonyl (C=O) groups is 1. The zero-order chi connectivity index (χ0) is 16.9. The first-order valence-corrected chi connectivity index (χ1v) is 6.96. The monoisotopic (exact) mass is 322 g/mol. The molecule has 0 saturated heterocycles. The molecule has 126 valence electrons. The maximum atomic E-state index is 12.1. The molecule has 0 aliphatic rings. The van der Waals surface area contributed by atoms with E-state index in [2.05, 4.69) is 15.7 Å². The molecule has 0 saturated carbocycles. The zero-order valence-corrected chi connectivity index (χ0v) is 12.8. The molecule has 22 heavy (non-hydrogen) atoms. The molecule has 2 amide bonds. The number of hydrogen-bond donors (Lipinski definition) is 3. The fourth-order valence-corrected chi connectivity index (χ4v) is 2.01. The molecule has 0 spiro atoms. The van der Waals surface area contributed by atoms with Crippen LogP contribution in [-0.2, 0) is 13.1 Å². The van der Waals surface area contributed by atoms with Crippen molar-refractivity contribution in [3.8, 4) is 0 Å². The first kappa shape index (κ1) is 18.3. The second-order valence-corrected chi connectivity index (χ2v) is 4.92. The van der Waals surface area contributed by atoms with Crippen LogP contribution >= 0.6 is 0 Å². The van der Waals surface area contributed by atoms with E-state index in [0.717, 1.165) is 17.0 Å². The third kappa shape index (κ3) is 4.90. The summed E-state index contributed by atoms with van der Waals surface area (Å²) in [6.07, 6.45) is -7.68. The molecule has 0 aliphatic heterocycles. The molecule has 1 heterocycles. The summed E-state index contributed by atoms with van der Waals surface area (Å²) in [7, 11) is 0. The van der Waals surface area contributed by atoms with Crippen molar-refractivity contribution in [1.82, 2.24) is 20.4 Å². The number of carbonyl (C=O) groups excluding carboxylic acids is 1. The number of rotatable bonds is 6. The summed E-state index contributed by atoms with van der Waals surface area (Å²) in [5.74, 6) is 0. The van der Waals surface area contributed by atoms with E-state index in [9.17, 15) is 18.0 Å². The van der Waals surface area contributed by atoms with Gasteiger partial charge in [-0.25, -0.2) is 4.79 Å². The molecule has 3 N–H and O–H groups in total. The van der Waals surface area contributed by atoms with Gasteiger partial charge in [0.05, 0.1) is 5.69 Å². The van der Waals surface area contributed by atoms with Crippen molar-refractivity contribution < 1.29 is 23.1 Å². The van der Waals surface area contributed by atoms with Crippen molar-refractivity contribution in [1.29, 1.82) is 0 Å². The van der Waals surface area contributed by atoms with Crippen LogP contribution in [0, 0.1) is 13.8 Å². The lowest BCUT2D eigenvalue weighted by Crippen LogP contribution is -2.38. The van der Waals surface area contributed by atoms with E-state index >= 15 is 0 Å². The van der Waals surface area contributed by atoms with E-state index < -0.39 is 24.7 Å². The van der Waals surface area contributed by atoms with Crippen LogP contribution in [-0.4, -0.2) is 39.7 Å².